The minimum absolute atomic E-state index is 0.207. The molecule has 0 atom stereocenters. The highest BCUT2D eigenvalue weighted by atomic mass is 16.4. The standard InChI is InChI=1S/C16H28N2O3/c1-12-7-9-16(10-8-12,14(19)20)11-17-15(21)18-13-5-3-2-4-6-13/h12-13H,2-11H2,1H3,(H,19,20)(H2,17,18,21). The largest absolute Gasteiger partial charge is 0.481 e. The van der Waals surface area contributed by atoms with Crippen molar-refractivity contribution in [1.29, 1.82) is 0 Å². The zero-order valence-electron chi connectivity index (χ0n) is 13.0. The molecule has 2 fully saturated rings. The van der Waals surface area contributed by atoms with Crippen molar-refractivity contribution in [2.24, 2.45) is 11.3 Å². The summed E-state index contributed by atoms with van der Waals surface area (Å²) in [7, 11) is 0. The molecule has 0 radical (unpaired) electrons. The first-order valence-corrected chi connectivity index (χ1v) is 8.30. The number of hydrogen-bond donors (Lipinski definition) is 3. The topological polar surface area (TPSA) is 78.4 Å². The van der Waals surface area contributed by atoms with E-state index in [0.29, 0.717) is 18.8 Å². The molecule has 0 aromatic carbocycles. The number of carboxylic acids is 1. The number of aliphatic carboxylic acids is 1. The van der Waals surface area contributed by atoms with Crippen LogP contribution in [-0.4, -0.2) is 29.7 Å². The molecule has 120 valence electrons. The van der Waals surface area contributed by atoms with Gasteiger partial charge in [-0.2, -0.15) is 0 Å². The average molecular weight is 296 g/mol. The fourth-order valence-electron chi connectivity index (χ4n) is 3.51. The first-order valence-electron chi connectivity index (χ1n) is 8.30. The van der Waals surface area contributed by atoms with E-state index in [2.05, 4.69) is 17.6 Å². The molecule has 0 saturated heterocycles. The molecular formula is C16H28N2O3. The van der Waals surface area contributed by atoms with Gasteiger partial charge in [0.1, 0.15) is 0 Å². The molecule has 2 aliphatic carbocycles. The van der Waals surface area contributed by atoms with Crippen molar-refractivity contribution in [3.05, 3.63) is 0 Å². The van der Waals surface area contributed by atoms with Gasteiger partial charge in [-0.1, -0.05) is 26.2 Å². The molecule has 0 heterocycles. The van der Waals surface area contributed by atoms with Gasteiger partial charge in [-0.25, -0.2) is 4.79 Å². The lowest BCUT2D eigenvalue weighted by Gasteiger charge is -2.36. The van der Waals surface area contributed by atoms with Gasteiger partial charge in [0.15, 0.2) is 0 Å². The summed E-state index contributed by atoms with van der Waals surface area (Å²) in [5.74, 6) is -0.180. The molecule has 0 bridgehead atoms. The van der Waals surface area contributed by atoms with Gasteiger partial charge in [-0.3, -0.25) is 4.79 Å². The van der Waals surface area contributed by atoms with Gasteiger partial charge in [0.2, 0.25) is 0 Å². The number of rotatable bonds is 4. The van der Waals surface area contributed by atoms with E-state index >= 15 is 0 Å². The van der Waals surface area contributed by atoms with Crippen molar-refractivity contribution < 1.29 is 14.7 Å². The van der Waals surface area contributed by atoms with Crippen molar-refractivity contribution in [2.45, 2.75) is 70.8 Å². The first-order chi connectivity index (χ1) is 10.0. The summed E-state index contributed by atoms with van der Waals surface area (Å²) < 4.78 is 0. The van der Waals surface area contributed by atoms with Crippen LogP contribution in [-0.2, 0) is 4.79 Å². The van der Waals surface area contributed by atoms with E-state index in [0.717, 1.165) is 25.7 Å². The molecule has 21 heavy (non-hydrogen) atoms. The lowest BCUT2D eigenvalue weighted by atomic mass is 9.71. The molecule has 0 aromatic heterocycles. The minimum Gasteiger partial charge on any atom is -0.481 e. The number of hydrogen-bond acceptors (Lipinski definition) is 2. The van der Waals surface area contributed by atoms with Crippen molar-refractivity contribution in [1.82, 2.24) is 10.6 Å². The first kappa shape index (κ1) is 16.1. The normalized spacial score (nSPS) is 30.6. The third kappa shape index (κ3) is 4.35. The Labute approximate surface area is 126 Å². The SMILES string of the molecule is CC1CCC(CNC(=O)NC2CCCCC2)(C(=O)O)CC1. The third-order valence-corrected chi connectivity index (χ3v) is 5.21. The summed E-state index contributed by atoms with van der Waals surface area (Å²) >= 11 is 0. The lowest BCUT2D eigenvalue weighted by molar-refractivity contribution is -0.151. The van der Waals surface area contributed by atoms with Gasteiger partial charge >= 0.3 is 12.0 Å². The second-order valence-electron chi connectivity index (χ2n) is 6.93. The van der Waals surface area contributed by atoms with Crippen LogP contribution in [0.25, 0.3) is 0 Å². The van der Waals surface area contributed by atoms with Gasteiger partial charge in [0, 0.05) is 12.6 Å². The molecule has 2 amide bonds. The summed E-state index contributed by atoms with van der Waals surface area (Å²) in [6.45, 7) is 2.41. The molecular weight excluding hydrogens is 268 g/mol. The van der Waals surface area contributed by atoms with Gasteiger partial charge < -0.3 is 15.7 Å². The Kier molecular flexibility index (Phi) is 5.48. The van der Waals surface area contributed by atoms with Crippen molar-refractivity contribution in [3.63, 3.8) is 0 Å². The number of urea groups is 1. The average Bonchev–Trinajstić information content (AvgIpc) is 2.48. The van der Waals surface area contributed by atoms with E-state index < -0.39 is 11.4 Å². The quantitative estimate of drug-likeness (QED) is 0.746. The van der Waals surface area contributed by atoms with E-state index in [9.17, 15) is 14.7 Å². The monoisotopic (exact) mass is 296 g/mol. The van der Waals surface area contributed by atoms with Crippen LogP contribution in [0, 0.1) is 11.3 Å². The van der Waals surface area contributed by atoms with Crippen LogP contribution in [0.5, 0.6) is 0 Å². The van der Waals surface area contributed by atoms with E-state index in [-0.39, 0.29) is 18.6 Å². The number of carbonyl (C=O) groups excluding carboxylic acids is 1. The van der Waals surface area contributed by atoms with Crippen molar-refractivity contribution in [2.75, 3.05) is 6.54 Å². The molecule has 0 unspecified atom stereocenters. The summed E-state index contributed by atoms with van der Waals surface area (Å²) in [5, 5.41) is 15.3. The fraction of sp³-hybridized carbons (Fsp3) is 0.875. The predicted molar refractivity (Wildman–Crippen MR) is 81.1 cm³/mol. The van der Waals surface area contributed by atoms with Crippen molar-refractivity contribution >= 4 is 12.0 Å². The molecule has 0 aromatic rings. The highest BCUT2D eigenvalue weighted by Crippen LogP contribution is 2.38. The molecule has 0 aliphatic heterocycles. The van der Waals surface area contributed by atoms with Gasteiger partial charge in [-0.05, 0) is 44.4 Å². The van der Waals surface area contributed by atoms with Crippen LogP contribution >= 0.6 is 0 Å². The predicted octanol–water partition coefficient (Wildman–Crippen LogP) is 2.90. The number of nitrogens with one attached hydrogen (secondary N) is 2. The smallest absolute Gasteiger partial charge is 0.315 e. The molecule has 5 nitrogen and oxygen atoms in total. The Morgan fingerprint density at radius 2 is 1.71 bits per heavy atom. The Bertz CT molecular complexity index is 370. The minimum atomic E-state index is -0.771. The summed E-state index contributed by atoms with van der Waals surface area (Å²) in [6, 6.07) is 0.0482. The number of amides is 2. The Morgan fingerprint density at radius 3 is 2.29 bits per heavy atom. The maximum Gasteiger partial charge on any atom is 0.315 e. The summed E-state index contributed by atoms with van der Waals surface area (Å²) in [4.78, 5) is 23.6. The number of carbonyl (C=O) groups is 2. The zero-order chi connectivity index (χ0) is 15.3. The van der Waals surface area contributed by atoms with E-state index in [1.807, 2.05) is 0 Å². The van der Waals surface area contributed by atoms with Crippen molar-refractivity contribution in [3.8, 4) is 0 Å². The molecule has 5 heteroatoms. The molecule has 3 N–H and O–H groups in total. The van der Waals surface area contributed by atoms with E-state index in [4.69, 9.17) is 0 Å². The highest BCUT2D eigenvalue weighted by molar-refractivity contribution is 5.78. The van der Waals surface area contributed by atoms with Gasteiger partial charge in [0.05, 0.1) is 5.41 Å². The van der Waals surface area contributed by atoms with Crippen LogP contribution in [0.3, 0.4) is 0 Å². The highest BCUT2D eigenvalue weighted by Gasteiger charge is 2.41. The van der Waals surface area contributed by atoms with Gasteiger partial charge in [0.25, 0.3) is 0 Å². The zero-order valence-corrected chi connectivity index (χ0v) is 13.0. The second-order valence-corrected chi connectivity index (χ2v) is 6.93. The third-order valence-electron chi connectivity index (χ3n) is 5.21. The molecule has 2 aliphatic rings. The summed E-state index contributed by atoms with van der Waals surface area (Å²) in [6.07, 6.45) is 8.84. The maximum atomic E-state index is 12.0. The van der Waals surface area contributed by atoms with E-state index in [1.54, 1.807) is 0 Å². The lowest BCUT2D eigenvalue weighted by Crippen LogP contribution is -2.49. The Balaban J connectivity index is 1.81. The Hall–Kier alpha value is -1.26. The molecule has 0 spiro atoms. The summed E-state index contributed by atoms with van der Waals surface area (Å²) in [5.41, 5.74) is -0.767. The molecule has 2 saturated carbocycles. The van der Waals surface area contributed by atoms with Gasteiger partial charge in [-0.15, -0.1) is 0 Å². The Morgan fingerprint density at radius 1 is 1.10 bits per heavy atom. The fourth-order valence-corrected chi connectivity index (χ4v) is 3.51. The second kappa shape index (κ2) is 7.14. The van der Waals surface area contributed by atoms with Crippen LogP contribution < -0.4 is 10.6 Å². The van der Waals surface area contributed by atoms with Crippen LogP contribution in [0.4, 0.5) is 4.79 Å². The van der Waals surface area contributed by atoms with E-state index in [1.165, 1.54) is 19.3 Å². The van der Waals surface area contributed by atoms with Crippen LogP contribution in [0.1, 0.15) is 64.7 Å². The van der Waals surface area contributed by atoms with Crippen LogP contribution in [0.15, 0.2) is 0 Å². The maximum absolute atomic E-state index is 12.0. The van der Waals surface area contributed by atoms with Crippen LogP contribution in [0.2, 0.25) is 0 Å². The molecule has 2 rings (SSSR count). The number of carboxylic acid groups (broad SMARTS) is 1.